The highest BCUT2D eigenvalue weighted by Crippen LogP contribution is 2.29. The summed E-state index contributed by atoms with van der Waals surface area (Å²) in [6.07, 6.45) is 0.303. The van der Waals surface area contributed by atoms with Crippen LogP contribution in [-0.2, 0) is 11.2 Å². The van der Waals surface area contributed by atoms with Crippen molar-refractivity contribution in [1.29, 1.82) is 0 Å². The van der Waals surface area contributed by atoms with E-state index in [4.69, 9.17) is 9.47 Å². The first-order valence-electron chi connectivity index (χ1n) is 6.48. The van der Waals surface area contributed by atoms with E-state index in [0.717, 1.165) is 15.6 Å². The fourth-order valence-corrected chi connectivity index (χ4v) is 2.93. The summed E-state index contributed by atoms with van der Waals surface area (Å²) in [5.74, 6) is 1.16. The minimum Gasteiger partial charge on any atom is -0.497 e. The van der Waals surface area contributed by atoms with E-state index < -0.39 is 0 Å². The third kappa shape index (κ3) is 3.72. The lowest BCUT2D eigenvalue weighted by Crippen LogP contribution is -2.15. The van der Waals surface area contributed by atoms with Crippen molar-refractivity contribution >= 4 is 22.9 Å². The molecule has 0 saturated heterocycles. The van der Waals surface area contributed by atoms with Crippen molar-refractivity contribution in [2.24, 2.45) is 0 Å². The van der Waals surface area contributed by atoms with Crippen LogP contribution in [0.25, 0.3) is 0 Å². The van der Waals surface area contributed by atoms with Crippen LogP contribution in [0.4, 0.5) is 5.69 Å². The fraction of sp³-hybridized carbons (Fsp3) is 0.333. The molecule has 0 radical (unpaired) electrons. The number of methoxy groups -OCH3 is 2. The molecule has 0 unspecified atom stereocenters. The van der Waals surface area contributed by atoms with Gasteiger partial charge in [0.15, 0.2) is 0 Å². The number of carbonyl (C=O) groups excluding carboxylic acids is 1. The number of aryl methyl sites for hydroxylation is 2. The van der Waals surface area contributed by atoms with Gasteiger partial charge in [-0.15, -0.1) is 11.3 Å². The summed E-state index contributed by atoms with van der Waals surface area (Å²) in [5, 5.41) is 3.82. The van der Waals surface area contributed by atoms with Gasteiger partial charge in [-0.1, -0.05) is 0 Å². The zero-order valence-corrected chi connectivity index (χ0v) is 13.3. The van der Waals surface area contributed by atoms with Crippen molar-refractivity contribution in [1.82, 2.24) is 4.98 Å². The maximum absolute atomic E-state index is 12.2. The van der Waals surface area contributed by atoms with E-state index in [1.54, 1.807) is 43.8 Å². The van der Waals surface area contributed by atoms with Crippen LogP contribution in [0.15, 0.2) is 18.2 Å². The van der Waals surface area contributed by atoms with Crippen LogP contribution in [0.5, 0.6) is 11.5 Å². The molecule has 0 fully saturated rings. The van der Waals surface area contributed by atoms with Crippen molar-refractivity contribution < 1.29 is 14.3 Å². The summed E-state index contributed by atoms with van der Waals surface area (Å²) >= 11 is 1.54. The van der Waals surface area contributed by atoms with Gasteiger partial charge in [0, 0.05) is 10.9 Å². The number of nitrogens with zero attached hydrogens (tertiary/aromatic N) is 1. The Labute approximate surface area is 127 Å². The third-order valence-electron chi connectivity index (χ3n) is 3.00. The van der Waals surface area contributed by atoms with Crippen molar-refractivity contribution in [2.75, 3.05) is 19.5 Å². The summed E-state index contributed by atoms with van der Waals surface area (Å²) in [6, 6.07) is 5.28. The van der Waals surface area contributed by atoms with Gasteiger partial charge >= 0.3 is 0 Å². The highest BCUT2D eigenvalue weighted by molar-refractivity contribution is 7.11. The van der Waals surface area contributed by atoms with Crippen LogP contribution in [0, 0.1) is 13.8 Å². The Kier molecular flexibility index (Phi) is 4.80. The molecular weight excluding hydrogens is 288 g/mol. The number of hydrogen-bond acceptors (Lipinski definition) is 5. The second kappa shape index (κ2) is 6.58. The minimum absolute atomic E-state index is 0.103. The Hall–Kier alpha value is -2.08. The molecule has 112 valence electrons. The Bertz CT molecular complexity index is 652. The Balaban J connectivity index is 2.13. The van der Waals surface area contributed by atoms with Crippen LogP contribution >= 0.6 is 11.3 Å². The number of amides is 1. The number of anilines is 1. The molecule has 0 atom stereocenters. The molecule has 0 bridgehead atoms. The lowest BCUT2D eigenvalue weighted by atomic mass is 10.2. The number of aromatic nitrogens is 1. The average molecular weight is 306 g/mol. The SMILES string of the molecule is COc1ccc(OC)c(NC(=O)Cc2sc(C)nc2C)c1. The first-order chi connectivity index (χ1) is 10.0. The molecule has 21 heavy (non-hydrogen) atoms. The molecule has 0 spiro atoms. The lowest BCUT2D eigenvalue weighted by Gasteiger charge is -2.11. The van der Waals surface area contributed by atoms with Crippen molar-refractivity contribution in [2.45, 2.75) is 20.3 Å². The van der Waals surface area contributed by atoms with Crippen LogP contribution in [0.2, 0.25) is 0 Å². The van der Waals surface area contributed by atoms with Gasteiger partial charge < -0.3 is 14.8 Å². The van der Waals surface area contributed by atoms with E-state index in [0.29, 0.717) is 23.6 Å². The summed E-state index contributed by atoms with van der Waals surface area (Å²) in [6.45, 7) is 3.85. The summed E-state index contributed by atoms with van der Waals surface area (Å²) in [5.41, 5.74) is 1.51. The second-order valence-corrected chi connectivity index (χ2v) is 5.82. The molecule has 2 rings (SSSR count). The van der Waals surface area contributed by atoms with Gasteiger partial charge in [0.05, 0.1) is 37.0 Å². The summed E-state index contributed by atoms with van der Waals surface area (Å²) in [4.78, 5) is 17.5. The van der Waals surface area contributed by atoms with Gasteiger partial charge in [-0.25, -0.2) is 4.98 Å². The lowest BCUT2D eigenvalue weighted by molar-refractivity contribution is -0.115. The number of nitrogens with one attached hydrogen (secondary N) is 1. The molecule has 1 N–H and O–H groups in total. The van der Waals surface area contributed by atoms with Crippen molar-refractivity contribution in [3.63, 3.8) is 0 Å². The molecule has 0 saturated carbocycles. The second-order valence-electron chi connectivity index (χ2n) is 4.53. The van der Waals surface area contributed by atoms with Crippen LogP contribution < -0.4 is 14.8 Å². The van der Waals surface area contributed by atoms with Gasteiger partial charge in [-0.3, -0.25) is 4.79 Å². The number of thiazole rings is 1. The first kappa shape index (κ1) is 15.3. The maximum atomic E-state index is 12.2. The molecule has 1 heterocycles. The minimum atomic E-state index is -0.103. The highest BCUT2D eigenvalue weighted by atomic mass is 32.1. The number of benzene rings is 1. The fourth-order valence-electron chi connectivity index (χ4n) is 1.99. The Morgan fingerprint density at radius 2 is 2.05 bits per heavy atom. The van der Waals surface area contributed by atoms with Crippen LogP contribution in [0.3, 0.4) is 0 Å². The van der Waals surface area contributed by atoms with Crippen LogP contribution in [0.1, 0.15) is 15.6 Å². The Morgan fingerprint density at radius 3 is 2.62 bits per heavy atom. The molecule has 0 aliphatic rings. The number of ether oxygens (including phenoxy) is 2. The molecular formula is C15H18N2O3S. The van der Waals surface area contributed by atoms with Crippen molar-refractivity contribution in [3.8, 4) is 11.5 Å². The molecule has 1 aromatic heterocycles. The van der Waals surface area contributed by atoms with Gasteiger partial charge in [-0.2, -0.15) is 0 Å². The monoisotopic (exact) mass is 306 g/mol. The third-order valence-corrected chi connectivity index (χ3v) is 4.07. The summed E-state index contributed by atoms with van der Waals surface area (Å²) < 4.78 is 10.4. The number of hydrogen-bond donors (Lipinski definition) is 1. The maximum Gasteiger partial charge on any atom is 0.229 e. The first-order valence-corrected chi connectivity index (χ1v) is 7.30. The molecule has 5 nitrogen and oxygen atoms in total. The number of carbonyl (C=O) groups is 1. The predicted molar refractivity (Wildman–Crippen MR) is 83.5 cm³/mol. The highest BCUT2D eigenvalue weighted by Gasteiger charge is 2.13. The van der Waals surface area contributed by atoms with E-state index in [-0.39, 0.29) is 5.91 Å². The zero-order chi connectivity index (χ0) is 15.4. The quantitative estimate of drug-likeness (QED) is 0.922. The molecule has 1 aromatic carbocycles. The van der Waals surface area contributed by atoms with Gasteiger partial charge in [0.1, 0.15) is 11.5 Å². The van der Waals surface area contributed by atoms with E-state index >= 15 is 0 Å². The molecule has 1 amide bonds. The van der Waals surface area contributed by atoms with E-state index in [1.807, 2.05) is 13.8 Å². The smallest absolute Gasteiger partial charge is 0.229 e. The van der Waals surface area contributed by atoms with E-state index in [2.05, 4.69) is 10.3 Å². The topological polar surface area (TPSA) is 60.5 Å². The summed E-state index contributed by atoms with van der Waals surface area (Å²) in [7, 11) is 3.14. The predicted octanol–water partition coefficient (Wildman–Crippen LogP) is 2.96. The largest absolute Gasteiger partial charge is 0.497 e. The molecule has 0 aliphatic carbocycles. The van der Waals surface area contributed by atoms with Crippen molar-refractivity contribution in [3.05, 3.63) is 33.8 Å². The van der Waals surface area contributed by atoms with Gasteiger partial charge in [0.25, 0.3) is 0 Å². The van der Waals surface area contributed by atoms with Crippen LogP contribution in [-0.4, -0.2) is 25.1 Å². The van der Waals surface area contributed by atoms with Gasteiger partial charge in [-0.05, 0) is 26.0 Å². The molecule has 0 aliphatic heterocycles. The molecule has 6 heteroatoms. The van der Waals surface area contributed by atoms with E-state index in [9.17, 15) is 4.79 Å². The standard InChI is InChI=1S/C15H18N2O3S/c1-9-14(21-10(2)16-9)8-15(18)17-12-7-11(19-3)5-6-13(12)20-4/h5-7H,8H2,1-4H3,(H,17,18). The van der Waals surface area contributed by atoms with Gasteiger partial charge in [0.2, 0.25) is 5.91 Å². The normalized spacial score (nSPS) is 10.3. The zero-order valence-electron chi connectivity index (χ0n) is 12.5. The Morgan fingerprint density at radius 1 is 1.29 bits per heavy atom. The number of rotatable bonds is 5. The average Bonchev–Trinajstić information content (AvgIpc) is 2.76. The molecule has 2 aromatic rings. The van der Waals surface area contributed by atoms with E-state index in [1.165, 1.54) is 0 Å².